The Hall–Kier alpha value is -2.44. The maximum atomic E-state index is 11.1. The maximum Gasteiger partial charge on any atom is 0.383 e. The molecule has 0 saturated heterocycles. The van der Waals surface area contributed by atoms with E-state index in [1.54, 1.807) is 0 Å². The van der Waals surface area contributed by atoms with Crippen LogP contribution >= 0.6 is 0 Å². The average Bonchev–Trinajstić information content (AvgIpc) is 2.72. The van der Waals surface area contributed by atoms with Crippen LogP contribution in [0.1, 0.15) is 0 Å². The van der Waals surface area contributed by atoms with E-state index in [0.29, 0.717) is 0 Å². The number of hydrogen-bond donors (Lipinski definition) is 0. The monoisotopic (exact) mass is 208 g/mol. The van der Waals surface area contributed by atoms with Crippen LogP contribution in [-0.2, 0) is 0 Å². The summed E-state index contributed by atoms with van der Waals surface area (Å²) in [6.45, 7) is 0. The van der Waals surface area contributed by atoms with Gasteiger partial charge in [0.25, 0.3) is 0 Å². The summed E-state index contributed by atoms with van der Waals surface area (Å²) in [6.07, 6.45) is 0. The quantitative estimate of drug-likeness (QED) is 0.470. The lowest BCUT2D eigenvalue weighted by atomic mass is 10.3. The lowest BCUT2D eigenvalue weighted by Gasteiger charge is -1.68. The normalized spacial score (nSPS) is 11.7. The van der Waals surface area contributed by atoms with Crippen molar-refractivity contribution in [2.45, 2.75) is 0 Å². The Morgan fingerprint density at radius 3 is 1.33 bits per heavy atom. The summed E-state index contributed by atoms with van der Waals surface area (Å²) >= 11 is 0. The van der Waals surface area contributed by atoms with Gasteiger partial charge in [0.15, 0.2) is 0 Å². The number of rotatable bonds is 0. The lowest BCUT2D eigenvalue weighted by molar-refractivity contribution is 0.483. The van der Waals surface area contributed by atoms with Crippen LogP contribution in [0.2, 0.25) is 0 Å². The molecular formula is C8O7. The smallest absolute Gasteiger partial charge is 0.383 e. The van der Waals surface area contributed by atoms with Gasteiger partial charge < -0.3 is 13.3 Å². The topological polar surface area (TPSA) is 108 Å². The molecule has 0 radical (unpaired) electrons. The highest BCUT2D eigenvalue weighted by atomic mass is 16.5. The zero-order chi connectivity index (χ0) is 10.7. The Morgan fingerprint density at radius 2 is 0.933 bits per heavy atom. The second kappa shape index (κ2) is 2.14. The van der Waals surface area contributed by atoms with Crippen LogP contribution in [0.3, 0.4) is 0 Å². The SMILES string of the molecule is O=c1oc(=O)c2c1oc1c(=O)oc(=O)c12. The fraction of sp³-hybridized carbons (Fsp3) is 0. The molecule has 0 aliphatic rings. The van der Waals surface area contributed by atoms with Gasteiger partial charge in [-0.25, -0.2) is 19.2 Å². The van der Waals surface area contributed by atoms with Crippen molar-refractivity contribution < 1.29 is 13.3 Å². The molecule has 0 bridgehead atoms. The molecule has 15 heavy (non-hydrogen) atoms. The molecule has 0 fully saturated rings. The highest BCUT2D eigenvalue weighted by molar-refractivity contribution is 6.03. The van der Waals surface area contributed by atoms with Crippen molar-refractivity contribution in [3.8, 4) is 0 Å². The van der Waals surface area contributed by atoms with Crippen molar-refractivity contribution in [2.75, 3.05) is 0 Å². The summed E-state index contributed by atoms with van der Waals surface area (Å²) in [4.78, 5) is 44.2. The second-order valence-corrected chi connectivity index (χ2v) is 2.86. The highest BCUT2D eigenvalue weighted by Crippen LogP contribution is 2.18. The van der Waals surface area contributed by atoms with Crippen LogP contribution in [-0.4, -0.2) is 0 Å². The Kier molecular flexibility index (Phi) is 1.13. The summed E-state index contributed by atoms with van der Waals surface area (Å²) in [5.74, 6) is 0. The van der Waals surface area contributed by atoms with Gasteiger partial charge in [-0.1, -0.05) is 0 Å². The van der Waals surface area contributed by atoms with Crippen molar-refractivity contribution in [1.29, 1.82) is 0 Å². The van der Waals surface area contributed by atoms with Crippen molar-refractivity contribution >= 4 is 21.9 Å². The lowest BCUT2D eigenvalue weighted by Crippen LogP contribution is -1.98. The van der Waals surface area contributed by atoms with Crippen LogP contribution in [0.5, 0.6) is 0 Å². The minimum absolute atomic E-state index is 0.328. The van der Waals surface area contributed by atoms with E-state index in [1.165, 1.54) is 0 Å². The van der Waals surface area contributed by atoms with E-state index in [4.69, 9.17) is 4.42 Å². The minimum Gasteiger partial charge on any atom is -0.440 e. The van der Waals surface area contributed by atoms with Crippen LogP contribution in [0.25, 0.3) is 21.9 Å². The second-order valence-electron chi connectivity index (χ2n) is 2.86. The summed E-state index contributed by atoms with van der Waals surface area (Å²) < 4.78 is 13.1. The number of hydrogen-bond acceptors (Lipinski definition) is 7. The molecule has 7 nitrogen and oxygen atoms in total. The van der Waals surface area contributed by atoms with Gasteiger partial charge in [-0.2, -0.15) is 0 Å². The van der Waals surface area contributed by atoms with Crippen LogP contribution in [0, 0.1) is 0 Å². The third-order valence-electron chi connectivity index (χ3n) is 2.06. The fourth-order valence-corrected chi connectivity index (χ4v) is 1.47. The van der Waals surface area contributed by atoms with E-state index in [0.717, 1.165) is 0 Å². The Labute approximate surface area is 77.8 Å². The van der Waals surface area contributed by atoms with E-state index in [9.17, 15) is 19.2 Å². The average molecular weight is 208 g/mol. The van der Waals surface area contributed by atoms with Crippen molar-refractivity contribution in [3.05, 3.63) is 41.7 Å². The van der Waals surface area contributed by atoms with E-state index in [1.807, 2.05) is 0 Å². The third kappa shape index (κ3) is 0.749. The van der Waals surface area contributed by atoms with E-state index >= 15 is 0 Å². The van der Waals surface area contributed by atoms with Crippen molar-refractivity contribution in [1.82, 2.24) is 0 Å². The van der Waals surface area contributed by atoms with Gasteiger partial charge in [-0.3, -0.25) is 0 Å². The molecule has 0 spiro atoms. The highest BCUT2D eigenvalue weighted by Gasteiger charge is 2.24. The molecule has 74 valence electrons. The van der Waals surface area contributed by atoms with Crippen LogP contribution in [0.4, 0.5) is 0 Å². The summed E-state index contributed by atoms with van der Waals surface area (Å²) in [5, 5.41) is -0.656. The van der Waals surface area contributed by atoms with Gasteiger partial charge in [0.05, 0.1) is 0 Å². The summed E-state index contributed by atoms with van der Waals surface area (Å²) in [7, 11) is 0. The molecule has 0 amide bonds. The Bertz CT molecular complexity index is 805. The van der Waals surface area contributed by atoms with Gasteiger partial charge in [0.2, 0.25) is 11.2 Å². The first-order chi connectivity index (χ1) is 7.09. The van der Waals surface area contributed by atoms with Gasteiger partial charge >= 0.3 is 22.5 Å². The molecule has 0 atom stereocenters. The first-order valence-electron chi connectivity index (χ1n) is 3.79. The number of furan rings is 3. The van der Waals surface area contributed by atoms with Gasteiger partial charge in [0.1, 0.15) is 10.8 Å². The Balaban J connectivity index is 2.94. The third-order valence-corrected chi connectivity index (χ3v) is 2.06. The van der Waals surface area contributed by atoms with E-state index in [-0.39, 0.29) is 10.8 Å². The van der Waals surface area contributed by atoms with E-state index < -0.39 is 33.7 Å². The molecule has 3 heterocycles. The van der Waals surface area contributed by atoms with Crippen molar-refractivity contribution in [2.24, 2.45) is 0 Å². The maximum absolute atomic E-state index is 11.1. The molecule has 0 N–H and O–H groups in total. The molecule has 3 rings (SSSR count). The largest absolute Gasteiger partial charge is 0.440 e. The predicted octanol–water partition coefficient (Wildman–Crippen LogP) is -0.912. The summed E-state index contributed by atoms with van der Waals surface area (Å²) in [5.41, 5.74) is -4.88. The molecule has 0 aliphatic heterocycles. The zero-order valence-electron chi connectivity index (χ0n) is 6.86. The van der Waals surface area contributed by atoms with Crippen molar-refractivity contribution in [3.63, 3.8) is 0 Å². The predicted molar refractivity (Wildman–Crippen MR) is 45.7 cm³/mol. The molecule has 0 unspecified atom stereocenters. The van der Waals surface area contributed by atoms with Gasteiger partial charge in [0, 0.05) is 0 Å². The first-order valence-corrected chi connectivity index (χ1v) is 3.79. The minimum atomic E-state index is -1.01. The van der Waals surface area contributed by atoms with E-state index in [2.05, 4.69) is 8.83 Å². The van der Waals surface area contributed by atoms with Crippen LogP contribution < -0.4 is 22.5 Å². The van der Waals surface area contributed by atoms with Gasteiger partial charge in [-0.05, 0) is 0 Å². The van der Waals surface area contributed by atoms with Gasteiger partial charge in [-0.15, -0.1) is 0 Å². The molecule has 0 aliphatic carbocycles. The molecule has 3 aromatic rings. The molecule has 3 aromatic heterocycles. The number of fused-ring (bicyclic) bond motifs is 3. The fourth-order valence-electron chi connectivity index (χ4n) is 1.47. The zero-order valence-corrected chi connectivity index (χ0v) is 6.86. The Morgan fingerprint density at radius 1 is 0.533 bits per heavy atom. The molecule has 0 aromatic carbocycles. The molecule has 7 heteroatoms. The van der Waals surface area contributed by atoms with Crippen LogP contribution in [0.15, 0.2) is 32.4 Å². The standard InChI is InChI=1S/C8O7/c9-5-1-2-4(8(12)15-6(2)10)13-3(1)7(11)14-5. The first kappa shape index (κ1) is 7.92. The molecular weight excluding hydrogens is 208 g/mol. The molecule has 0 saturated carbocycles. The summed E-state index contributed by atoms with van der Waals surface area (Å²) in [6, 6.07) is 0.